The number of oxime groups is 1. The molecule has 1 amide bonds. The molecule has 0 fully saturated rings. The molecule has 3 N–H and O–H groups in total. The molecule has 1 aromatic carbocycles. The standard InChI is InChI=1S/C13H19N3O3/c1-9(2)19-11-6-4-5-10(7-11)13(17)16(3)8-12(14)15-18/h4-7,9,18H,8H2,1-3H3,(H2,14,15). The topological polar surface area (TPSA) is 88.2 Å². The van der Waals surface area contributed by atoms with Crippen LogP contribution in [0, 0.1) is 0 Å². The third kappa shape index (κ3) is 4.50. The summed E-state index contributed by atoms with van der Waals surface area (Å²) in [6, 6.07) is 6.91. The van der Waals surface area contributed by atoms with Crippen LogP contribution in [0.25, 0.3) is 0 Å². The van der Waals surface area contributed by atoms with Gasteiger partial charge in [-0.25, -0.2) is 0 Å². The lowest BCUT2D eigenvalue weighted by atomic mass is 10.2. The molecule has 0 saturated carbocycles. The molecule has 0 aliphatic heterocycles. The Bertz CT molecular complexity index is 472. The van der Waals surface area contributed by atoms with E-state index in [0.29, 0.717) is 11.3 Å². The first-order valence-corrected chi connectivity index (χ1v) is 5.92. The molecule has 1 rings (SSSR count). The Morgan fingerprint density at radius 2 is 2.21 bits per heavy atom. The fourth-order valence-electron chi connectivity index (χ4n) is 1.54. The minimum Gasteiger partial charge on any atom is -0.491 e. The summed E-state index contributed by atoms with van der Waals surface area (Å²) in [6.45, 7) is 3.89. The van der Waals surface area contributed by atoms with E-state index >= 15 is 0 Å². The Labute approximate surface area is 112 Å². The third-order valence-corrected chi connectivity index (χ3v) is 2.33. The number of amidine groups is 1. The van der Waals surface area contributed by atoms with Crippen molar-refractivity contribution in [1.29, 1.82) is 0 Å². The number of rotatable bonds is 5. The second-order valence-electron chi connectivity index (χ2n) is 4.45. The zero-order valence-corrected chi connectivity index (χ0v) is 11.3. The molecule has 0 heterocycles. The van der Waals surface area contributed by atoms with Crippen molar-refractivity contribution in [3.8, 4) is 5.75 Å². The zero-order valence-electron chi connectivity index (χ0n) is 11.3. The van der Waals surface area contributed by atoms with Gasteiger partial charge in [-0.05, 0) is 32.0 Å². The average Bonchev–Trinajstić information content (AvgIpc) is 2.37. The molecule has 6 nitrogen and oxygen atoms in total. The van der Waals surface area contributed by atoms with E-state index in [9.17, 15) is 4.79 Å². The molecule has 0 spiro atoms. The molecule has 19 heavy (non-hydrogen) atoms. The lowest BCUT2D eigenvalue weighted by molar-refractivity contribution is 0.0813. The summed E-state index contributed by atoms with van der Waals surface area (Å²) >= 11 is 0. The van der Waals surface area contributed by atoms with Crippen LogP contribution in [0.5, 0.6) is 5.75 Å². The van der Waals surface area contributed by atoms with Crippen LogP contribution >= 0.6 is 0 Å². The predicted octanol–water partition coefficient (Wildman–Crippen LogP) is 1.29. The second kappa shape index (κ2) is 6.63. The highest BCUT2D eigenvalue weighted by Crippen LogP contribution is 2.16. The lowest BCUT2D eigenvalue weighted by Gasteiger charge is -2.17. The SMILES string of the molecule is CC(C)Oc1cccc(C(=O)N(C)C/C(N)=N/O)c1. The molecule has 0 atom stereocenters. The van der Waals surface area contributed by atoms with Crippen molar-refractivity contribution in [1.82, 2.24) is 4.90 Å². The summed E-state index contributed by atoms with van der Waals surface area (Å²) in [4.78, 5) is 13.5. The number of hydrogen-bond donors (Lipinski definition) is 2. The quantitative estimate of drug-likeness (QED) is 0.363. The Balaban J connectivity index is 2.81. The van der Waals surface area contributed by atoms with E-state index in [4.69, 9.17) is 15.7 Å². The van der Waals surface area contributed by atoms with Gasteiger partial charge in [-0.1, -0.05) is 11.2 Å². The number of nitrogens with two attached hydrogens (primary N) is 1. The molecule has 0 aromatic heterocycles. The Morgan fingerprint density at radius 1 is 1.53 bits per heavy atom. The van der Waals surface area contributed by atoms with Crippen molar-refractivity contribution >= 4 is 11.7 Å². The molecule has 0 radical (unpaired) electrons. The van der Waals surface area contributed by atoms with Gasteiger partial charge in [-0.15, -0.1) is 0 Å². The lowest BCUT2D eigenvalue weighted by Crippen LogP contribution is -2.35. The van der Waals surface area contributed by atoms with Crippen molar-refractivity contribution in [3.05, 3.63) is 29.8 Å². The van der Waals surface area contributed by atoms with Gasteiger partial charge in [0.2, 0.25) is 0 Å². The molecule has 0 unspecified atom stereocenters. The number of nitrogens with zero attached hydrogens (tertiary/aromatic N) is 2. The molecule has 6 heteroatoms. The van der Waals surface area contributed by atoms with Gasteiger partial charge >= 0.3 is 0 Å². The van der Waals surface area contributed by atoms with Crippen LogP contribution in [0.2, 0.25) is 0 Å². The van der Waals surface area contributed by atoms with Gasteiger partial charge in [0, 0.05) is 12.6 Å². The molecule has 1 aromatic rings. The molecule has 0 saturated heterocycles. The predicted molar refractivity (Wildman–Crippen MR) is 72.6 cm³/mol. The average molecular weight is 265 g/mol. The first kappa shape index (κ1) is 14.8. The number of carbonyl (C=O) groups excluding carboxylic acids is 1. The monoisotopic (exact) mass is 265 g/mol. The Kier molecular flexibility index (Phi) is 5.17. The van der Waals surface area contributed by atoms with Crippen molar-refractivity contribution in [2.75, 3.05) is 13.6 Å². The third-order valence-electron chi connectivity index (χ3n) is 2.33. The zero-order chi connectivity index (χ0) is 14.4. The highest BCUT2D eigenvalue weighted by molar-refractivity contribution is 5.97. The van der Waals surface area contributed by atoms with Gasteiger partial charge in [0.1, 0.15) is 5.75 Å². The van der Waals surface area contributed by atoms with Gasteiger partial charge in [0.05, 0.1) is 12.6 Å². The van der Waals surface area contributed by atoms with Crippen LogP contribution in [-0.2, 0) is 0 Å². The Hall–Kier alpha value is -2.24. The fourth-order valence-corrected chi connectivity index (χ4v) is 1.54. The summed E-state index contributed by atoms with van der Waals surface area (Å²) in [7, 11) is 1.58. The fraction of sp³-hybridized carbons (Fsp3) is 0.385. The van der Waals surface area contributed by atoms with Crippen LogP contribution in [0.15, 0.2) is 29.4 Å². The van der Waals surface area contributed by atoms with Gasteiger partial charge in [-0.3, -0.25) is 4.79 Å². The van der Waals surface area contributed by atoms with Crippen LogP contribution in [0.4, 0.5) is 0 Å². The van der Waals surface area contributed by atoms with E-state index in [-0.39, 0.29) is 24.4 Å². The number of amides is 1. The van der Waals surface area contributed by atoms with Gasteiger partial charge in [-0.2, -0.15) is 0 Å². The Morgan fingerprint density at radius 3 is 2.79 bits per heavy atom. The first-order valence-electron chi connectivity index (χ1n) is 5.92. The van der Waals surface area contributed by atoms with Crippen molar-refractivity contribution in [3.63, 3.8) is 0 Å². The van der Waals surface area contributed by atoms with Crippen LogP contribution in [0.1, 0.15) is 24.2 Å². The summed E-state index contributed by atoms with van der Waals surface area (Å²) in [5, 5.41) is 11.3. The van der Waals surface area contributed by atoms with Crippen LogP contribution in [-0.4, -0.2) is 41.5 Å². The summed E-state index contributed by atoms with van der Waals surface area (Å²) in [5.41, 5.74) is 5.86. The van der Waals surface area contributed by atoms with Gasteiger partial charge in [0.25, 0.3) is 5.91 Å². The maximum atomic E-state index is 12.1. The molecular weight excluding hydrogens is 246 g/mol. The minimum absolute atomic E-state index is 0.0227. The number of likely N-dealkylation sites (N-methyl/N-ethyl adjacent to an activating group) is 1. The van der Waals surface area contributed by atoms with E-state index in [2.05, 4.69) is 5.16 Å². The first-order chi connectivity index (χ1) is 8.93. The van der Waals surface area contributed by atoms with Gasteiger partial charge < -0.3 is 20.6 Å². The highest BCUT2D eigenvalue weighted by atomic mass is 16.5. The maximum absolute atomic E-state index is 12.1. The van der Waals surface area contributed by atoms with Gasteiger partial charge in [0.15, 0.2) is 5.84 Å². The van der Waals surface area contributed by atoms with E-state index in [0.717, 1.165) is 0 Å². The number of carbonyl (C=O) groups is 1. The molecule has 0 bridgehead atoms. The van der Waals surface area contributed by atoms with Crippen LogP contribution < -0.4 is 10.5 Å². The molecular formula is C13H19N3O3. The number of ether oxygens (including phenoxy) is 1. The number of hydrogen-bond acceptors (Lipinski definition) is 4. The highest BCUT2D eigenvalue weighted by Gasteiger charge is 2.13. The van der Waals surface area contributed by atoms with E-state index < -0.39 is 0 Å². The van der Waals surface area contributed by atoms with E-state index in [1.54, 1.807) is 31.3 Å². The summed E-state index contributed by atoms with van der Waals surface area (Å²) < 4.78 is 5.53. The molecule has 104 valence electrons. The normalized spacial score (nSPS) is 11.5. The summed E-state index contributed by atoms with van der Waals surface area (Å²) in [6.07, 6.45) is 0.0419. The molecule has 0 aliphatic carbocycles. The number of benzene rings is 1. The maximum Gasteiger partial charge on any atom is 0.254 e. The van der Waals surface area contributed by atoms with Crippen molar-refractivity contribution < 1.29 is 14.7 Å². The minimum atomic E-state index is -0.221. The second-order valence-corrected chi connectivity index (χ2v) is 4.45. The van der Waals surface area contributed by atoms with Crippen molar-refractivity contribution in [2.45, 2.75) is 20.0 Å². The van der Waals surface area contributed by atoms with E-state index in [1.807, 2.05) is 13.8 Å². The van der Waals surface area contributed by atoms with E-state index in [1.165, 1.54) is 4.90 Å². The molecule has 0 aliphatic rings. The largest absolute Gasteiger partial charge is 0.491 e. The smallest absolute Gasteiger partial charge is 0.254 e. The van der Waals surface area contributed by atoms with Crippen molar-refractivity contribution in [2.24, 2.45) is 10.9 Å². The van der Waals surface area contributed by atoms with Crippen LogP contribution in [0.3, 0.4) is 0 Å². The summed E-state index contributed by atoms with van der Waals surface area (Å²) in [5.74, 6) is 0.393.